The summed E-state index contributed by atoms with van der Waals surface area (Å²) in [5.41, 5.74) is 1.07. The van der Waals surface area contributed by atoms with Crippen molar-refractivity contribution in [3.05, 3.63) is 53.1 Å². The van der Waals surface area contributed by atoms with E-state index in [1.807, 2.05) is 25.1 Å². The van der Waals surface area contributed by atoms with Gasteiger partial charge in [0.15, 0.2) is 23.0 Å². The molecule has 1 unspecified atom stereocenters. The third-order valence-corrected chi connectivity index (χ3v) is 7.67. The van der Waals surface area contributed by atoms with Gasteiger partial charge < -0.3 is 33.7 Å². The molecule has 2 fully saturated rings. The highest BCUT2D eigenvalue weighted by atomic mass is 16.6. The first-order valence-corrected chi connectivity index (χ1v) is 14.9. The Morgan fingerprint density at radius 3 is 2.45 bits per heavy atom. The molecule has 3 heterocycles. The van der Waals surface area contributed by atoms with Crippen LogP contribution >= 0.6 is 0 Å². The second-order valence-corrected chi connectivity index (χ2v) is 10.5. The number of likely N-dealkylation sites (tertiary alicyclic amines) is 1. The lowest BCUT2D eigenvalue weighted by molar-refractivity contribution is -0.140. The summed E-state index contributed by atoms with van der Waals surface area (Å²) in [6, 6.07) is 9.68. The van der Waals surface area contributed by atoms with Crippen LogP contribution in [-0.2, 0) is 14.3 Å². The molecular weight excluding hydrogens is 540 g/mol. The van der Waals surface area contributed by atoms with Gasteiger partial charge in [-0.25, -0.2) is 0 Å². The Kier molecular flexibility index (Phi) is 9.86. The number of amides is 1. The number of benzene rings is 2. The van der Waals surface area contributed by atoms with Gasteiger partial charge in [0.25, 0.3) is 11.7 Å². The molecule has 3 aliphatic heterocycles. The first-order chi connectivity index (χ1) is 20.5. The third-order valence-electron chi connectivity index (χ3n) is 7.67. The lowest BCUT2D eigenvalue weighted by Gasteiger charge is -2.29. The third kappa shape index (κ3) is 6.50. The summed E-state index contributed by atoms with van der Waals surface area (Å²) in [6.07, 6.45) is 2.58. The number of hydrogen-bond donors (Lipinski definition) is 1. The molecular formula is C32H40N2O8. The predicted octanol–water partition coefficient (Wildman–Crippen LogP) is 4.18. The van der Waals surface area contributed by atoms with E-state index in [9.17, 15) is 14.7 Å². The Morgan fingerprint density at radius 2 is 1.69 bits per heavy atom. The standard InChI is InChI=1S/C32H40N2O8/c1-3-5-15-40-24-9-7-22(20-26(24)39-4-2)29-28(30(35)23-8-10-25-27(21-23)42-19-18-41-25)31(36)32(37)34(29)12-6-11-33-13-16-38-17-14-33/h7-10,20-21,29,35H,3-6,11-19H2,1-2H3/b30-28+. The molecule has 10 heteroatoms. The molecule has 1 N–H and O–H groups in total. The number of Topliss-reactive ketones (excluding diaryl/α,β-unsaturated/α-hetero) is 1. The number of ether oxygens (including phenoxy) is 5. The van der Waals surface area contributed by atoms with E-state index in [1.54, 1.807) is 23.1 Å². The molecule has 3 aliphatic rings. The number of fused-ring (bicyclic) bond motifs is 1. The molecule has 0 spiro atoms. The molecule has 226 valence electrons. The SMILES string of the molecule is CCCCOc1ccc(C2/C(=C(\O)c3ccc4c(c3)OCCO4)C(=O)C(=O)N2CCCN2CCOCC2)cc1OCC. The first-order valence-electron chi connectivity index (χ1n) is 14.9. The first kappa shape index (κ1) is 29.7. The zero-order chi connectivity index (χ0) is 29.5. The zero-order valence-corrected chi connectivity index (χ0v) is 24.4. The number of carbonyl (C=O) groups is 2. The van der Waals surface area contributed by atoms with Gasteiger partial charge in [0, 0.05) is 31.7 Å². The minimum atomic E-state index is -0.799. The summed E-state index contributed by atoms with van der Waals surface area (Å²) in [5, 5.41) is 11.6. The normalized spacial score (nSPS) is 20.1. The van der Waals surface area contributed by atoms with E-state index in [0.29, 0.717) is 86.7 Å². The Morgan fingerprint density at radius 1 is 0.905 bits per heavy atom. The quantitative estimate of drug-likeness (QED) is 0.171. The van der Waals surface area contributed by atoms with Crippen molar-refractivity contribution in [1.29, 1.82) is 0 Å². The molecule has 2 aromatic carbocycles. The monoisotopic (exact) mass is 580 g/mol. The lowest BCUT2D eigenvalue weighted by Crippen LogP contribution is -2.39. The van der Waals surface area contributed by atoms with Gasteiger partial charge in [-0.15, -0.1) is 0 Å². The van der Waals surface area contributed by atoms with Gasteiger partial charge in [-0.1, -0.05) is 19.4 Å². The van der Waals surface area contributed by atoms with Gasteiger partial charge in [0.1, 0.15) is 19.0 Å². The van der Waals surface area contributed by atoms with Crippen molar-refractivity contribution < 1.29 is 38.4 Å². The summed E-state index contributed by atoms with van der Waals surface area (Å²) >= 11 is 0. The summed E-state index contributed by atoms with van der Waals surface area (Å²) in [5.74, 6) is 0.566. The van der Waals surface area contributed by atoms with Crippen LogP contribution < -0.4 is 18.9 Å². The highest BCUT2D eigenvalue weighted by Crippen LogP contribution is 2.43. The molecule has 1 amide bonds. The minimum Gasteiger partial charge on any atom is -0.507 e. The van der Waals surface area contributed by atoms with Crippen LogP contribution in [0.15, 0.2) is 42.0 Å². The number of carbonyl (C=O) groups excluding carboxylic acids is 2. The van der Waals surface area contributed by atoms with Gasteiger partial charge in [-0.2, -0.15) is 0 Å². The van der Waals surface area contributed by atoms with Crippen LogP contribution in [0.3, 0.4) is 0 Å². The predicted molar refractivity (Wildman–Crippen MR) is 156 cm³/mol. The average molecular weight is 581 g/mol. The maximum Gasteiger partial charge on any atom is 0.295 e. The topological polar surface area (TPSA) is 107 Å². The molecule has 0 bridgehead atoms. The van der Waals surface area contributed by atoms with Crippen LogP contribution in [-0.4, -0.2) is 92.4 Å². The summed E-state index contributed by atoms with van der Waals surface area (Å²) in [4.78, 5) is 30.9. The Hall–Kier alpha value is -3.76. The molecule has 10 nitrogen and oxygen atoms in total. The van der Waals surface area contributed by atoms with Crippen LogP contribution in [0, 0.1) is 0 Å². The lowest BCUT2D eigenvalue weighted by atomic mass is 9.94. The van der Waals surface area contributed by atoms with Crippen LogP contribution in [0.1, 0.15) is 50.3 Å². The molecule has 42 heavy (non-hydrogen) atoms. The highest BCUT2D eigenvalue weighted by Gasteiger charge is 2.46. The van der Waals surface area contributed by atoms with E-state index >= 15 is 0 Å². The molecule has 2 aromatic rings. The van der Waals surface area contributed by atoms with Crippen molar-refractivity contribution in [3.8, 4) is 23.0 Å². The van der Waals surface area contributed by atoms with Crippen LogP contribution in [0.5, 0.6) is 23.0 Å². The number of rotatable bonds is 12. The van der Waals surface area contributed by atoms with E-state index in [2.05, 4.69) is 11.8 Å². The Bertz CT molecular complexity index is 1300. The highest BCUT2D eigenvalue weighted by molar-refractivity contribution is 6.46. The van der Waals surface area contributed by atoms with Crippen molar-refractivity contribution in [2.75, 3.05) is 65.8 Å². The van der Waals surface area contributed by atoms with Gasteiger partial charge >= 0.3 is 0 Å². The van der Waals surface area contributed by atoms with Crippen LogP contribution in [0.25, 0.3) is 5.76 Å². The molecule has 2 saturated heterocycles. The fourth-order valence-corrected chi connectivity index (χ4v) is 5.50. The van der Waals surface area contributed by atoms with Crippen molar-refractivity contribution >= 4 is 17.4 Å². The summed E-state index contributed by atoms with van der Waals surface area (Å²) < 4.78 is 28.7. The minimum absolute atomic E-state index is 0.0325. The number of aliphatic hydroxyl groups is 1. The zero-order valence-electron chi connectivity index (χ0n) is 24.4. The summed E-state index contributed by atoms with van der Waals surface area (Å²) in [7, 11) is 0. The smallest absolute Gasteiger partial charge is 0.295 e. The van der Waals surface area contributed by atoms with E-state index < -0.39 is 17.7 Å². The molecule has 0 aliphatic carbocycles. The summed E-state index contributed by atoms with van der Waals surface area (Å²) in [6.45, 7) is 9.96. The fourth-order valence-electron chi connectivity index (χ4n) is 5.50. The van der Waals surface area contributed by atoms with Gasteiger partial charge in [-0.05, 0) is 55.7 Å². The average Bonchev–Trinajstić information content (AvgIpc) is 3.27. The maximum absolute atomic E-state index is 13.6. The van der Waals surface area contributed by atoms with Crippen molar-refractivity contribution in [3.63, 3.8) is 0 Å². The molecule has 0 radical (unpaired) electrons. The van der Waals surface area contributed by atoms with Crippen molar-refractivity contribution in [2.24, 2.45) is 0 Å². The van der Waals surface area contributed by atoms with Crippen LogP contribution in [0.4, 0.5) is 0 Å². The number of hydrogen-bond acceptors (Lipinski definition) is 9. The molecule has 1 atom stereocenters. The maximum atomic E-state index is 13.6. The molecule has 0 aromatic heterocycles. The van der Waals surface area contributed by atoms with Crippen molar-refractivity contribution in [2.45, 2.75) is 39.2 Å². The Balaban J connectivity index is 1.51. The van der Waals surface area contributed by atoms with E-state index in [-0.39, 0.29) is 11.3 Å². The number of morpholine rings is 1. The van der Waals surface area contributed by atoms with Gasteiger partial charge in [-0.3, -0.25) is 14.5 Å². The van der Waals surface area contributed by atoms with Gasteiger partial charge in [0.05, 0.1) is 38.0 Å². The largest absolute Gasteiger partial charge is 0.507 e. The van der Waals surface area contributed by atoms with E-state index in [1.165, 1.54) is 0 Å². The van der Waals surface area contributed by atoms with Crippen LogP contribution in [0.2, 0.25) is 0 Å². The van der Waals surface area contributed by atoms with E-state index in [4.69, 9.17) is 23.7 Å². The second kappa shape index (κ2) is 13.9. The Labute approximate surface area is 246 Å². The number of nitrogens with zero attached hydrogens (tertiary/aromatic N) is 2. The number of unbranched alkanes of at least 4 members (excludes halogenated alkanes) is 1. The van der Waals surface area contributed by atoms with Gasteiger partial charge in [0.2, 0.25) is 0 Å². The fraction of sp³-hybridized carbons (Fsp3) is 0.500. The van der Waals surface area contributed by atoms with E-state index in [0.717, 1.165) is 32.5 Å². The number of ketones is 1. The number of aliphatic hydroxyl groups excluding tert-OH is 1. The molecule has 0 saturated carbocycles. The second-order valence-electron chi connectivity index (χ2n) is 10.5. The molecule has 5 rings (SSSR count). The van der Waals surface area contributed by atoms with Crippen molar-refractivity contribution in [1.82, 2.24) is 9.80 Å².